The zero-order chi connectivity index (χ0) is 12.7. The van der Waals surface area contributed by atoms with Crippen molar-refractivity contribution < 1.29 is 14.3 Å². The Balaban J connectivity index is 2.59. The largest absolute Gasteiger partial charge is 0.478 e. The van der Waals surface area contributed by atoms with E-state index in [-0.39, 0.29) is 5.56 Å². The SMILES string of the molecule is CC#CCCNCc1cc(C(=O)O)ccc1F. The molecule has 0 aliphatic carbocycles. The van der Waals surface area contributed by atoms with E-state index >= 15 is 0 Å². The summed E-state index contributed by atoms with van der Waals surface area (Å²) in [6.07, 6.45) is 0.691. The number of rotatable bonds is 5. The Morgan fingerprint density at radius 1 is 1.53 bits per heavy atom. The maximum Gasteiger partial charge on any atom is 0.335 e. The molecule has 0 aromatic heterocycles. The van der Waals surface area contributed by atoms with E-state index < -0.39 is 11.8 Å². The fraction of sp³-hybridized carbons (Fsp3) is 0.308. The summed E-state index contributed by atoms with van der Waals surface area (Å²) in [6, 6.07) is 3.77. The second-order valence-electron chi connectivity index (χ2n) is 3.46. The third-order valence-corrected chi connectivity index (χ3v) is 2.21. The van der Waals surface area contributed by atoms with Crippen LogP contribution in [0.3, 0.4) is 0 Å². The van der Waals surface area contributed by atoms with Crippen LogP contribution in [0.1, 0.15) is 29.3 Å². The summed E-state index contributed by atoms with van der Waals surface area (Å²) in [5.41, 5.74) is 0.450. The quantitative estimate of drug-likeness (QED) is 0.606. The number of hydrogen-bond donors (Lipinski definition) is 2. The Morgan fingerprint density at radius 2 is 2.29 bits per heavy atom. The van der Waals surface area contributed by atoms with Gasteiger partial charge in [-0.05, 0) is 25.1 Å². The van der Waals surface area contributed by atoms with E-state index in [1.807, 2.05) is 0 Å². The van der Waals surface area contributed by atoms with Crippen LogP contribution in [0.25, 0.3) is 0 Å². The third kappa shape index (κ3) is 4.25. The van der Waals surface area contributed by atoms with Crippen molar-refractivity contribution in [3.63, 3.8) is 0 Å². The van der Waals surface area contributed by atoms with Crippen LogP contribution in [0.4, 0.5) is 4.39 Å². The van der Waals surface area contributed by atoms with E-state index in [0.29, 0.717) is 25.1 Å². The van der Waals surface area contributed by atoms with E-state index in [1.165, 1.54) is 18.2 Å². The fourth-order valence-corrected chi connectivity index (χ4v) is 1.34. The molecule has 1 rings (SSSR count). The first kappa shape index (κ1) is 13.2. The Morgan fingerprint density at radius 3 is 2.94 bits per heavy atom. The lowest BCUT2D eigenvalue weighted by molar-refractivity contribution is 0.0696. The minimum Gasteiger partial charge on any atom is -0.478 e. The highest BCUT2D eigenvalue weighted by Gasteiger charge is 2.07. The Labute approximate surface area is 99.7 Å². The van der Waals surface area contributed by atoms with Gasteiger partial charge in [0.15, 0.2) is 0 Å². The van der Waals surface area contributed by atoms with Gasteiger partial charge in [-0.15, -0.1) is 11.8 Å². The molecule has 0 atom stereocenters. The molecule has 17 heavy (non-hydrogen) atoms. The third-order valence-electron chi connectivity index (χ3n) is 2.21. The number of benzene rings is 1. The van der Waals surface area contributed by atoms with Gasteiger partial charge >= 0.3 is 5.97 Å². The number of carboxylic acids is 1. The number of halogens is 1. The van der Waals surface area contributed by atoms with E-state index in [2.05, 4.69) is 17.2 Å². The van der Waals surface area contributed by atoms with E-state index in [1.54, 1.807) is 6.92 Å². The summed E-state index contributed by atoms with van der Waals surface area (Å²) in [7, 11) is 0. The number of carboxylic acid groups (broad SMARTS) is 1. The molecule has 0 fully saturated rings. The van der Waals surface area contributed by atoms with Crippen molar-refractivity contribution in [3.05, 3.63) is 35.1 Å². The Hall–Kier alpha value is -1.86. The monoisotopic (exact) mass is 235 g/mol. The first-order valence-electron chi connectivity index (χ1n) is 5.27. The molecule has 0 aliphatic rings. The first-order chi connectivity index (χ1) is 8.15. The standard InChI is InChI=1S/C13H14FNO2/c1-2-3-4-7-15-9-11-8-10(13(16)17)5-6-12(11)14/h5-6,8,15H,4,7,9H2,1H3,(H,16,17). The van der Waals surface area contributed by atoms with E-state index in [0.717, 1.165) is 0 Å². The summed E-state index contributed by atoms with van der Waals surface area (Å²) >= 11 is 0. The van der Waals surface area contributed by atoms with Gasteiger partial charge < -0.3 is 10.4 Å². The van der Waals surface area contributed by atoms with Gasteiger partial charge in [-0.25, -0.2) is 9.18 Å². The molecule has 0 amide bonds. The highest BCUT2D eigenvalue weighted by molar-refractivity contribution is 5.87. The molecule has 0 spiro atoms. The molecule has 0 aliphatic heterocycles. The van der Waals surface area contributed by atoms with Gasteiger partial charge in [0.25, 0.3) is 0 Å². The second-order valence-corrected chi connectivity index (χ2v) is 3.46. The first-order valence-corrected chi connectivity index (χ1v) is 5.27. The van der Waals surface area contributed by atoms with Crippen molar-refractivity contribution in [1.82, 2.24) is 5.32 Å². The van der Waals surface area contributed by atoms with E-state index in [9.17, 15) is 9.18 Å². The van der Waals surface area contributed by atoms with Crippen LogP contribution in [0.5, 0.6) is 0 Å². The lowest BCUT2D eigenvalue weighted by Crippen LogP contribution is -2.15. The number of aromatic carboxylic acids is 1. The predicted molar refractivity (Wildman–Crippen MR) is 63.1 cm³/mol. The minimum absolute atomic E-state index is 0.0940. The molecular formula is C13H14FNO2. The summed E-state index contributed by atoms with van der Waals surface area (Å²) < 4.78 is 13.3. The maximum atomic E-state index is 13.3. The van der Waals surface area contributed by atoms with Gasteiger partial charge in [0.05, 0.1) is 5.56 Å². The van der Waals surface area contributed by atoms with Crippen LogP contribution < -0.4 is 5.32 Å². The highest BCUT2D eigenvalue weighted by atomic mass is 19.1. The molecule has 90 valence electrons. The van der Waals surface area contributed by atoms with Gasteiger partial charge in [0.1, 0.15) is 5.82 Å². The molecule has 2 N–H and O–H groups in total. The second kappa shape index (κ2) is 6.66. The Bertz CT molecular complexity index is 460. The van der Waals surface area contributed by atoms with Crippen molar-refractivity contribution in [1.29, 1.82) is 0 Å². The minimum atomic E-state index is -1.05. The van der Waals surface area contributed by atoms with Crippen LogP contribution in [-0.2, 0) is 6.54 Å². The molecule has 0 unspecified atom stereocenters. The van der Waals surface area contributed by atoms with Crippen LogP contribution in [0, 0.1) is 17.7 Å². The Kier molecular flexibility index (Phi) is 5.18. The molecule has 1 aromatic carbocycles. The van der Waals surface area contributed by atoms with Crippen LogP contribution in [0.15, 0.2) is 18.2 Å². The predicted octanol–water partition coefficient (Wildman–Crippen LogP) is 2.03. The van der Waals surface area contributed by atoms with Gasteiger partial charge in [0, 0.05) is 25.1 Å². The molecular weight excluding hydrogens is 221 g/mol. The molecule has 0 radical (unpaired) electrons. The summed E-state index contributed by atoms with van der Waals surface area (Å²) in [4.78, 5) is 10.7. The smallest absolute Gasteiger partial charge is 0.335 e. The maximum absolute atomic E-state index is 13.3. The molecule has 0 saturated carbocycles. The summed E-state index contributed by atoms with van der Waals surface area (Å²) in [5, 5.41) is 11.8. The lowest BCUT2D eigenvalue weighted by atomic mass is 10.1. The van der Waals surface area contributed by atoms with Gasteiger partial charge in [-0.2, -0.15) is 0 Å². The number of hydrogen-bond acceptors (Lipinski definition) is 2. The molecule has 4 heteroatoms. The topological polar surface area (TPSA) is 49.3 Å². The van der Waals surface area contributed by atoms with Crippen molar-refractivity contribution in [2.75, 3.05) is 6.54 Å². The van der Waals surface area contributed by atoms with Crippen LogP contribution >= 0.6 is 0 Å². The summed E-state index contributed by atoms with van der Waals surface area (Å²) in [6.45, 7) is 2.71. The average molecular weight is 235 g/mol. The van der Waals surface area contributed by atoms with Crippen molar-refractivity contribution in [3.8, 4) is 11.8 Å². The van der Waals surface area contributed by atoms with Crippen molar-refractivity contribution in [2.24, 2.45) is 0 Å². The average Bonchev–Trinajstić information content (AvgIpc) is 2.30. The molecule has 0 heterocycles. The molecule has 0 saturated heterocycles. The molecule has 0 bridgehead atoms. The highest BCUT2D eigenvalue weighted by Crippen LogP contribution is 2.10. The van der Waals surface area contributed by atoms with Gasteiger partial charge in [-0.3, -0.25) is 0 Å². The van der Waals surface area contributed by atoms with Crippen molar-refractivity contribution in [2.45, 2.75) is 19.9 Å². The molecule has 1 aromatic rings. The summed E-state index contributed by atoms with van der Waals surface area (Å²) in [5.74, 6) is 4.19. The fourth-order valence-electron chi connectivity index (χ4n) is 1.34. The van der Waals surface area contributed by atoms with Gasteiger partial charge in [0.2, 0.25) is 0 Å². The van der Waals surface area contributed by atoms with Crippen LogP contribution in [0.2, 0.25) is 0 Å². The molecule has 3 nitrogen and oxygen atoms in total. The zero-order valence-corrected chi connectivity index (χ0v) is 9.59. The zero-order valence-electron chi connectivity index (χ0n) is 9.59. The number of nitrogens with one attached hydrogen (secondary N) is 1. The normalized spacial score (nSPS) is 9.53. The van der Waals surface area contributed by atoms with Gasteiger partial charge in [-0.1, -0.05) is 0 Å². The number of carbonyl (C=O) groups is 1. The lowest BCUT2D eigenvalue weighted by Gasteiger charge is -2.05. The van der Waals surface area contributed by atoms with Crippen LogP contribution in [-0.4, -0.2) is 17.6 Å². The van der Waals surface area contributed by atoms with E-state index in [4.69, 9.17) is 5.11 Å². The van der Waals surface area contributed by atoms with Crippen molar-refractivity contribution >= 4 is 5.97 Å².